The lowest BCUT2D eigenvalue weighted by Gasteiger charge is -2.05. The zero-order chi connectivity index (χ0) is 15.5. The van der Waals surface area contributed by atoms with Gasteiger partial charge in [0.1, 0.15) is 17.3 Å². The van der Waals surface area contributed by atoms with Gasteiger partial charge in [0.25, 0.3) is 0 Å². The lowest BCUT2D eigenvalue weighted by atomic mass is 10.1. The first-order valence-electron chi connectivity index (χ1n) is 7.42. The van der Waals surface area contributed by atoms with Crippen LogP contribution in [0.3, 0.4) is 0 Å². The lowest BCUT2D eigenvalue weighted by molar-refractivity contribution is 0.340. The lowest BCUT2D eigenvalue weighted by Crippen LogP contribution is -1.99. The third-order valence-electron chi connectivity index (χ3n) is 3.78. The first-order chi connectivity index (χ1) is 10.7. The van der Waals surface area contributed by atoms with Gasteiger partial charge in [0.05, 0.1) is 24.8 Å². The fourth-order valence-corrected chi connectivity index (χ4v) is 2.57. The predicted molar refractivity (Wildman–Crippen MR) is 87.7 cm³/mol. The largest absolute Gasteiger partial charge is 0.497 e. The molecule has 3 aromatic rings. The van der Waals surface area contributed by atoms with Crippen molar-refractivity contribution in [3.05, 3.63) is 53.9 Å². The van der Waals surface area contributed by atoms with E-state index in [0.717, 1.165) is 34.8 Å². The molecule has 1 heterocycles. The van der Waals surface area contributed by atoms with Crippen LogP contribution in [0.15, 0.2) is 42.5 Å². The van der Waals surface area contributed by atoms with Gasteiger partial charge in [-0.2, -0.15) is 0 Å². The number of fused-ring (bicyclic) bond motifs is 1. The first-order valence-corrected chi connectivity index (χ1v) is 7.42. The Labute approximate surface area is 130 Å². The molecule has 0 radical (unpaired) electrons. The topological polar surface area (TPSA) is 36.3 Å². The molecule has 0 saturated heterocycles. The van der Waals surface area contributed by atoms with Crippen LogP contribution in [0.4, 0.5) is 0 Å². The predicted octanol–water partition coefficient (Wildman–Crippen LogP) is 3.57. The quantitative estimate of drug-likeness (QED) is 0.722. The van der Waals surface area contributed by atoms with Crippen LogP contribution in [0.5, 0.6) is 11.5 Å². The van der Waals surface area contributed by atoms with E-state index in [0.29, 0.717) is 6.61 Å². The average molecular weight is 296 g/mol. The number of rotatable bonds is 5. The van der Waals surface area contributed by atoms with Crippen molar-refractivity contribution in [1.29, 1.82) is 0 Å². The van der Waals surface area contributed by atoms with Crippen molar-refractivity contribution in [3.63, 3.8) is 0 Å². The van der Waals surface area contributed by atoms with Gasteiger partial charge in [0.15, 0.2) is 0 Å². The summed E-state index contributed by atoms with van der Waals surface area (Å²) in [5.74, 6) is 2.77. The molecule has 4 nitrogen and oxygen atoms in total. The fraction of sp³-hybridized carbons (Fsp3) is 0.278. The van der Waals surface area contributed by atoms with E-state index in [1.54, 1.807) is 7.11 Å². The second kappa shape index (κ2) is 6.10. The van der Waals surface area contributed by atoms with E-state index in [9.17, 15) is 0 Å². The molecule has 0 unspecified atom stereocenters. The highest BCUT2D eigenvalue weighted by Gasteiger charge is 2.09. The molecule has 0 atom stereocenters. The normalized spacial score (nSPS) is 10.9. The number of nitrogens with zero attached hydrogens (tertiary/aromatic N) is 2. The number of benzene rings is 2. The Morgan fingerprint density at radius 1 is 1.05 bits per heavy atom. The Kier molecular flexibility index (Phi) is 4.00. The smallest absolute Gasteiger partial charge is 0.121 e. The first kappa shape index (κ1) is 14.4. The highest BCUT2D eigenvalue weighted by Crippen LogP contribution is 2.22. The van der Waals surface area contributed by atoms with E-state index in [-0.39, 0.29) is 0 Å². The van der Waals surface area contributed by atoms with Gasteiger partial charge in [-0.3, -0.25) is 0 Å². The van der Waals surface area contributed by atoms with Crippen LogP contribution < -0.4 is 9.47 Å². The van der Waals surface area contributed by atoms with Crippen LogP contribution in [0.25, 0.3) is 11.0 Å². The van der Waals surface area contributed by atoms with E-state index in [1.807, 2.05) is 44.3 Å². The molecule has 0 aliphatic heterocycles. The molecule has 1 aromatic heterocycles. The molecule has 22 heavy (non-hydrogen) atoms. The zero-order valence-electron chi connectivity index (χ0n) is 13.2. The van der Waals surface area contributed by atoms with Gasteiger partial charge in [0.2, 0.25) is 0 Å². The summed E-state index contributed by atoms with van der Waals surface area (Å²) in [5, 5.41) is 0. The molecule has 0 amide bonds. The number of methoxy groups -OCH3 is 1. The van der Waals surface area contributed by atoms with Crippen molar-refractivity contribution in [3.8, 4) is 11.5 Å². The molecule has 0 aliphatic rings. The van der Waals surface area contributed by atoms with Crippen molar-refractivity contribution in [2.45, 2.75) is 13.3 Å². The third-order valence-corrected chi connectivity index (χ3v) is 3.78. The van der Waals surface area contributed by atoms with Crippen LogP contribution in [0, 0.1) is 0 Å². The number of hydrogen-bond donors (Lipinski definition) is 0. The molecule has 0 spiro atoms. The number of imidazole rings is 1. The summed E-state index contributed by atoms with van der Waals surface area (Å²) >= 11 is 0. The summed E-state index contributed by atoms with van der Waals surface area (Å²) in [4.78, 5) is 4.73. The molecule has 2 aromatic carbocycles. The van der Waals surface area contributed by atoms with Gasteiger partial charge in [-0.15, -0.1) is 0 Å². The summed E-state index contributed by atoms with van der Waals surface area (Å²) in [7, 11) is 3.72. The number of hydrogen-bond acceptors (Lipinski definition) is 3. The van der Waals surface area contributed by atoms with Crippen LogP contribution in [-0.4, -0.2) is 23.3 Å². The summed E-state index contributed by atoms with van der Waals surface area (Å²) in [6.45, 7) is 2.67. The van der Waals surface area contributed by atoms with Gasteiger partial charge >= 0.3 is 0 Å². The van der Waals surface area contributed by atoms with Crippen molar-refractivity contribution in [2.75, 3.05) is 13.7 Å². The molecule has 3 rings (SSSR count). The van der Waals surface area contributed by atoms with Gasteiger partial charge in [-0.05, 0) is 36.8 Å². The maximum Gasteiger partial charge on any atom is 0.121 e. The van der Waals surface area contributed by atoms with E-state index < -0.39 is 0 Å². The van der Waals surface area contributed by atoms with Gasteiger partial charge < -0.3 is 14.0 Å². The van der Waals surface area contributed by atoms with Crippen LogP contribution in [-0.2, 0) is 13.5 Å². The summed E-state index contributed by atoms with van der Waals surface area (Å²) < 4.78 is 12.9. The molecule has 0 N–H and O–H groups in total. The van der Waals surface area contributed by atoms with Crippen molar-refractivity contribution in [2.24, 2.45) is 7.05 Å². The molecular formula is C18H20N2O2. The molecule has 0 bridgehead atoms. The minimum absolute atomic E-state index is 0.686. The monoisotopic (exact) mass is 296 g/mol. The van der Waals surface area contributed by atoms with Crippen molar-refractivity contribution < 1.29 is 9.47 Å². The summed E-state index contributed by atoms with van der Waals surface area (Å²) in [5.41, 5.74) is 3.29. The summed E-state index contributed by atoms with van der Waals surface area (Å²) in [6.07, 6.45) is 0.792. The molecule has 114 valence electrons. The third kappa shape index (κ3) is 2.77. The molecule has 4 heteroatoms. The van der Waals surface area contributed by atoms with Crippen molar-refractivity contribution >= 4 is 11.0 Å². The zero-order valence-corrected chi connectivity index (χ0v) is 13.2. The Hall–Kier alpha value is -2.49. The summed E-state index contributed by atoms with van der Waals surface area (Å²) in [6, 6.07) is 14.2. The van der Waals surface area contributed by atoms with E-state index in [4.69, 9.17) is 14.5 Å². The SMILES string of the molecule is CCOc1ccc(Cc2nc3cc(OC)ccc3n2C)cc1. The standard InChI is InChI=1S/C18H20N2O2/c1-4-22-14-7-5-13(6-8-14)11-18-19-16-12-15(21-3)9-10-17(16)20(18)2/h5-10,12H,4,11H2,1-3H3. The number of aryl methyl sites for hydroxylation is 1. The molecule has 0 fully saturated rings. The number of aromatic nitrogens is 2. The molecule has 0 saturated carbocycles. The minimum Gasteiger partial charge on any atom is -0.497 e. The second-order valence-electron chi connectivity index (χ2n) is 5.20. The average Bonchev–Trinajstić information content (AvgIpc) is 2.85. The maximum absolute atomic E-state index is 5.47. The van der Waals surface area contributed by atoms with E-state index >= 15 is 0 Å². The van der Waals surface area contributed by atoms with Crippen LogP contribution >= 0.6 is 0 Å². The van der Waals surface area contributed by atoms with Gasteiger partial charge in [-0.1, -0.05) is 12.1 Å². The Morgan fingerprint density at radius 3 is 2.45 bits per heavy atom. The highest BCUT2D eigenvalue weighted by atomic mass is 16.5. The maximum atomic E-state index is 5.47. The Balaban J connectivity index is 1.88. The van der Waals surface area contributed by atoms with E-state index in [1.165, 1.54) is 5.56 Å². The highest BCUT2D eigenvalue weighted by molar-refractivity contribution is 5.77. The Bertz CT molecular complexity index is 776. The van der Waals surface area contributed by atoms with Crippen molar-refractivity contribution in [1.82, 2.24) is 9.55 Å². The van der Waals surface area contributed by atoms with Gasteiger partial charge in [0, 0.05) is 19.5 Å². The van der Waals surface area contributed by atoms with E-state index in [2.05, 4.69) is 16.7 Å². The molecule has 0 aliphatic carbocycles. The second-order valence-corrected chi connectivity index (χ2v) is 5.20. The minimum atomic E-state index is 0.686. The Morgan fingerprint density at radius 2 is 1.77 bits per heavy atom. The van der Waals surface area contributed by atoms with Crippen LogP contribution in [0.1, 0.15) is 18.3 Å². The fourth-order valence-electron chi connectivity index (χ4n) is 2.57. The van der Waals surface area contributed by atoms with Crippen LogP contribution in [0.2, 0.25) is 0 Å². The molecular weight excluding hydrogens is 276 g/mol. The number of ether oxygens (including phenoxy) is 2. The van der Waals surface area contributed by atoms with Gasteiger partial charge in [-0.25, -0.2) is 4.98 Å².